The normalized spacial score (nSPS) is 11.9. The number of para-hydroxylation sites is 1. The molecule has 1 aromatic heterocycles. The number of rotatable bonds is 6. The zero-order chi connectivity index (χ0) is 19.4. The average molecular weight is 385 g/mol. The fourth-order valence-corrected chi connectivity index (χ4v) is 2.73. The molecule has 3 aromatic rings. The van der Waals surface area contributed by atoms with Crippen LogP contribution in [-0.4, -0.2) is 21.7 Å². The second-order valence-electron chi connectivity index (χ2n) is 6.03. The minimum Gasteiger partial charge on any atom is -0.454 e. The number of halogens is 1. The number of benzene rings is 2. The minimum absolute atomic E-state index is 0.0227. The molecule has 0 unspecified atom stereocenters. The molecule has 3 rings (SSSR count). The van der Waals surface area contributed by atoms with Crippen LogP contribution in [-0.2, 0) is 9.53 Å². The number of H-pyrrole nitrogens is 1. The van der Waals surface area contributed by atoms with Crippen LogP contribution in [0.15, 0.2) is 53.3 Å². The molecular weight excluding hydrogens is 368 g/mol. The largest absolute Gasteiger partial charge is 0.454 e. The molecule has 0 amide bonds. The highest BCUT2D eigenvalue weighted by molar-refractivity contribution is 6.30. The number of nitrogens with zero attached hydrogens (tertiary/aromatic N) is 1. The third kappa shape index (κ3) is 4.60. The number of aromatic nitrogens is 2. The fraction of sp³-hybridized carbons (Fsp3) is 0.200. The lowest BCUT2D eigenvalue weighted by molar-refractivity contribution is -0.148. The van der Waals surface area contributed by atoms with Gasteiger partial charge in [-0.2, -0.15) is 0 Å². The smallest absolute Gasteiger partial charge is 0.306 e. The molecule has 0 radical (unpaired) electrons. The Labute approximate surface area is 160 Å². The van der Waals surface area contributed by atoms with Crippen molar-refractivity contribution in [1.82, 2.24) is 9.97 Å². The van der Waals surface area contributed by atoms with Gasteiger partial charge in [0.05, 0.1) is 17.3 Å². The summed E-state index contributed by atoms with van der Waals surface area (Å²) in [6, 6.07) is 13.4. The van der Waals surface area contributed by atoms with E-state index in [0.717, 1.165) is 0 Å². The van der Waals surface area contributed by atoms with E-state index in [1.165, 1.54) is 0 Å². The maximum Gasteiger partial charge on any atom is 0.306 e. The van der Waals surface area contributed by atoms with Gasteiger partial charge in [0.2, 0.25) is 0 Å². The molecule has 0 bridgehead atoms. The number of hydrogen-bond acceptors (Lipinski definition) is 5. The number of Topliss-reactive ketones (excluding diaryl/α,β-unsaturated/α-hetero) is 1. The Kier molecular flexibility index (Phi) is 5.66. The third-order valence-electron chi connectivity index (χ3n) is 4.05. The van der Waals surface area contributed by atoms with Crippen LogP contribution in [0.1, 0.15) is 42.1 Å². The Morgan fingerprint density at radius 2 is 1.81 bits per heavy atom. The first kappa shape index (κ1) is 18.8. The number of carbonyl (C=O) groups excluding carboxylic acids is 2. The maximum atomic E-state index is 12.1. The molecule has 0 aliphatic heterocycles. The Hall–Kier alpha value is -2.99. The molecule has 1 atom stereocenters. The molecule has 7 heteroatoms. The molecule has 0 aliphatic carbocycles. The van der Waals surface area contributed by atoms with E-state index < -0.39 is 12.1 Å². The first-order valence-corrected chi connectivity index (χ1v) is 8.79. The van der Waals surface area contributed by atoms with E-state index in [0.29, 0.717) is 21.5 Å². The number of fused-ring (bicyclic) bond motifs is 1. The predicted octanol–water partition coefficient (Wildman–Crippen LogP) is 3.84. The molecule has 0 aliphatic rings. The number of carbonyl (C=O) groups is 2. The summed E-state index contributed by atoms with van der Waals surface area (Å²) < 4.78 is 5.30. The first-order valence-electron chi connectivity index (χ1n) is 8.41. The van der Waals surface area contributed by atoms with E-state index in [9.17, 15) is 14.4 Å². The van der Waals surface area contributed by atoms with Gasteiger partial charge < -0.3 is 9.72 Å². The van der Waals surface area contributed by atoms with Gasteiger partial charge in [-0.25, -0.2) is 4.98 Å². The van der Waals surface area contributed by atoms with Gasteiger partial charge in [0.25, 0.3) is 5.56 Å². The van der Waals surface area contributed by atoms with Gasteiger partial charge in [-0.3, -0.25) is 14.4 Å². The van der Waals surface area contributed by atoms with Crippen LogP contribution in [0.2, 0.25) is 5.02 Å². The SMILES string of the molecule is C[C@H](OC(=O)CCC(=O)c1ccc(Cl)cc1)c1nc2ccccc2c(=O)[nH]1. The lowest BCUT2D eigenvalue weighted by Gasteiger charge is -2.13. The second kappa shape index (κ2) is 8.14. The summed E-state index contributed by atoms with van der Waals surface area (Å²) in [6.07, 6.45) is -0.779. The van der Waals surface area contributed by atoms with E-state index in [2.05, 4.69) is 9.97 Å². The predicted molar refractivity (Wildman–Crippen MR) is 102 cm³/mol. The first-order chi connectivity index (χ1) is 12.9. The molecular formula is C20H17ClN2O4. The van der Waals surface area contributed by atoms with Crippen LogP contribution in [0, 0.1) is 0 Å². The molecule has 0 fully saturated rings. The minimum atomic E-state index is -0.736. The van der Waals surface area contributed by atoms with Gasteiger partial charge in [-0.05, 0) is 43.3 Å². The van der Waals surface area contributed by atoms with Crippen molar-refractivity contribution in [2.24, 2.45) is 0 Å². The summed E-state index contributed by atoms with van der Waals surface area (Å²) >= 11 is 5.79. The summed E-state index contributed by atoms with van der Waals surface area (Å²) in [4.78, 5) is 43.2. The number of aromatic amines is 1. The average Bonchev–Trinajstić information content (AvgIpc) is 2.66. The standard InChI is InChI=1S/C20H17ClN2O4/c1-12(19-22-16-5-3-2-4-15(16)20(26)23-19)27-18(25)11-10-17(24)13-6-8-14(21)9-7-13/h2-9,12H,10-11H2,1H3,(H,22,23,26)/t12-/m0/s1. The van der Waals surface area contributed by atoms with E-state index in [-0.39, 0.29) is 30.0 Å². The van der Waals surface area contributed by atoms with E-state index in [1.807, 2.05) is 0 Å². The highest BCUT2D eigenvalue weighted by atomic mass is 35.5. The second-order valence-corrected chi connectivity index (χ2v) is 6.47. The van der Waals surface area contributed by atoms with E-state index in [4.69, 9.17) is 16.3 Å². The molecule has 1 heterocycles. The fourth-order valence-electron chi connectivity index (χ4n) is 2.60. The van der Waals surface area contributed by atoms with Crippen LogP contribution in [0.25, 0.3) is 10.9 Å². The van der Waals surface area contributed by atoms with Crippen molar-refractivity contribution in [3.63, 3.8) is 0 Å². The van der Waals surface area contributed by atoms with Crippen LogP contribution < -0.4 is 5.56 Å². The molecule has 0 saturated carbocycles. The quantitative estimate of drug-likeness (QED) is 0.515. The van der Waals surface area contributed by atoms with Crippen LogP contribution >= 0.6 is 11.6 Å². The number of nitrogens with one attached hydrogen (secondary N) is 1. The summed E-state index contributed by atoms with van der Waals surface area (Å²) in [5, 5.41) is 1.00. The Morgan fingerprint density at radius 3 is 2.56 bits per heavy atom. The van der Waals surface area contributed by atoms with Gasteiger partial charge in [-0.1, -0.05) is 23.7 Å². The summed E-state index contributed by atoms with van der Waals surface area (Å²) in [7, 11) is 0. The van der Waals surface area contributed by atoms with Crippen LogP contribution in [0.4, 0.5) is 0 Å². The van der Waals surface area contributed by atoms with Crippen molar-refractivity contribution in [1.29, 1.82) is 0 Å². The Bertz CT molecular complexity index is 1040. The van der Waals surface area contributed by atoms with Gasteiger partial charge in [-0.15, -0.1) is 0 Å². The van der Waals surface area contributed by atoms with Crippen molar-refractivity contribution >= 4 is 34.3 Å². The van der Waals surface area contributed by atoms with Gasteiger partial charge in [0.1, 0.15) is 0 Å². The van der Waals surface area contributed by atoms with Gasteiger partial charge >= 0.3 is 5.97 Å². The maximum absolute atomic E-state index is 12.1. The van der Waals surface area contributed by atoms with Crippen molar-refractivity contribution in [2.75, 3.05) is 0 Å². The monoisotopic (exact) mass is 384 g/mol. The lowest BCUT2D eigenvalue weighted by Crippen LogP contribution is -2.17. The molecule has 138 valence electrons. The highest BCUT2D eigenvalue weighted by Gasteiger charge is 2.17. The number of ketones is 1. The number of esters is 1. The molecule has 1 N–H and O–H groups in total. The molecule has 27 heavy (non-hydrogen) atoms. The highest BCUT2D eigenvalue weighted by Crippen LogP contribution is 2.16. The van der Waals surface area contributed by atoms with E-state index in [1.54, 1.807) is 55.5 Å². The van der Waals surface area contributed by atoms with Crippen molar-refractivity contribution in [3.8, 4) is 0 Å². The molecule has 0 spiro atoms. The summed E-state index contributed by atoms with van der Waals surface area (Å²) in [5.74, 6) is -0.454. The summed E-state index contributed by atoms with van der Waals surface area (Å²) in [6.45, 7) is 1.62. The van der Waals surface area contributed by atoms with Crippen molar-refractivity contribution < 1.29 is 14.3 Å². The van der Waals surface area contributed by atoms with Crippen molar-refractivity contribution in [3.05, 3.63) is 75.3 Å². The lowest BCUT2D eigenvalue weighted by atomic mass is 10.1. The Balaban J connectivity index is 1.61. The van der Waals surface area contributed by atoms with E-state index >= 15 is 0 Å². The van der Waals surface area contributed by atoms with Gasteiger partial charge in [0, 0.05) is 17.0 Å². The topological polar surface area (TPSA) is 89.1 Å². The molecule has 2 aromatic carbocycles. The van der Waals surface area contributed by atoms with Gasteiger partial charge in [0.15, 0.2) is 17.7 Å². The zero-order valence-corrected chi connectivity index (χ0v) is 15.3. The molecule has 6 nitrogen and oxygen atoms in total. The molecule has 0 saturated heterocycles. The van der Waals surface area contributed by atoms with Crippen LogP contribution in [0.3, 0.4) is 0 Å². The number of ether oxygens (including phenoxy) is 1. The summed E-state index contributed by atoms with van der Waals surface area (Å²) in [5.41, 5.74) is 0.717. The number of hydrogen-bond donors (Lipinski definition) is 1. The van der Waals surface area contributed by atoms with Crippen LogP contribution in [0.5, 0.6) is 0 Å². The zero-order valence-electron chi connectivity index (χ0n) is 14.6. The third-order valence-corrected chi connectivity index (χ3v) is 4.30. The van der Waals surface area contributed by atoms with Crippen molar-refractivity contribution in [2.45, 2.75) is 25.9 Å². The Morgan fingerprint density at radius 1 is 1.11 bits per heavy atom.